The molecule has 46 heavy (non-hydrogen) atoms. The second-order valence-corrected chi connectivity index (χ2v) is 11.2. The summed E-state index contributed by atoms with van der Waals surface area (Å²) in [5.41, 5.74) is -0.795. The minimum atomic E-state index is -4.93. The van der Waals surface area contributed by atoms with Crippen molar-refractivity contribution in [1.82, 2.24) is 40.1 Å². The Morgan fingerprint density at radius 1 is 1.13 bits per heavy atom. The molecule has 2 amide bonds. The highest BCUT2D eigenvalue weighted by atomic mass is 19.4. The molecular weight excluding hydrogens is 609 g/mol. The molecule has 0 aliphatic carbocycles. The van der Waals surface area contributed by atoms with Crippen molar-refractivity contribution in [1.29, 1.82) is 0 Å². The van der Waals surface area contributed by atoms with Gasteiger partial charge in [0.25, 0.3) is 11.8 Å². The number of carbonyl (C=O) groups excluding carboxylic acids is 2. The summed E-state index contributed by atoms with van der Waals surface area (Å²) in [6.07, 6.45) is -1.92. The van der Waals surface area contributed by atoms with Crippen LogP contribution in [0.5, 0.6) is 6.01 Å². The maximum absolute atomic E-state index is 13.9. The first-order valence-corrected chi connectivity index (χ1v) is 14.9. The van der Waals surface area contributed by atoms with Crippen LogP contribution in [0.1, 0.15) is 39.9 Å². The molecule has 2 saturated heterocycles. The van der Waals surface area contributed by atoms with Crippen molar-refractivity contribution in [2.24, 2.45) is 0 Å². The zero-order valence-electron chi connectivity index (χ0n) is 25.9. The predicted octanol–water partition coefficient (Wildman–Crippen LogP) is 1.93. The van der Waals surface area contributed by atoms with Gasteiger partial charge in [0.1, 0.15) is 0 Å². The van der Waals surface area contributed by atoms with E-state index >= 15 is 0 Å². The van der Waals surface area contributed by atoms with Crippen molar-refractivity contribution in [3.05, 3.63) is 47.5 Å². The Morgan fingerprint density at radius 2 is 1.91 bits per heavy atom. The Kier molecular flexibility index (Phi) is 10.3. The number of likely N-dealkylation sites (N-methyl/N-ethyl adjacent to an activating group) is 1. The molecule has 2 fully saturated rings. The van der Waals surface area contributed by atoms with Crippen LogP contribution in [0.15, 0.2) is 30.6 Å². The zero-order valence-corrected chi connectivity index (χ0v) is 25.9. The molecule has 0 radical (unpaired) electrons. The van der Waals surface area contributed by atoms with Gasteiger partial charge in [-0.3, -0.25) is 14.5 Å². The largest absolute Gasteiger partial charge is 0.467 e. The summed E-state index contributed by atoms with van der Waals surface area (Å²) < 4.78 is 53.0. The van der Waals surface area contributed by atoms with E-state index in [0.717, 1.165) is 45.9 Å². The number of nitrogens with one attached hydrogen (secondary N) is 2. The van der Waals surface area contributed by atoms with Crippen LogP contribution < -0.4 is 20.3 Å². The highest BCUT2D eigenvalue weighted by Gasteiger charge is 2.38. The number of halogens is 3. The second-order valence-electron chi connectivity index (χ2n) is 11.2. The molecule has 5 rings (SSSR count). The highest BCUT2D eigenvalue weighted by Crippen LogP contribution is 2.34. The third kappa shape index (κ3) is 7.89. The fraction of sp³-hybridized carbons (Fsp3) is 0.517. The Morgan fingerprint density at radius 3 is 2.63 bits per heavy atom. The van der Waals surface area contributed by atoms with Crippen LogP contribution in [0.2, 0.25) is 0 Å². The molecule has 3 aromatic rings. The van der Waals surface area contributed by atoms with Crippen LogP contribution in [-0.2, 0) is 10.9 Å². The summed E-state index contributed by atoms with van der Waals surface area (Å²) in [5.74, 6) is -1.43. The number of hydrogen-bond acceptors (Lipinski definition) is 11. The average Bonchev–Trinajstić information content (AvgIpc) is 3.55. The number of piperazine rings is 1. The quantitative estimate of drug-likeness (QED) is 0.312. The number of methoxy groups -OCH3 is 1. The molecule has 0 saturated carbocycles. The van der Waals surface area contributed by atoms with Crippen LogP contribution >= 0.6 is 0 Å². The lowest BCUT2D eigenvalue weighted by Crippen LogP contribution is -2.50. The number of anilines is 2. The van der Waals surface area contributed by atoms with Gasteiger partial charge in [0.05, 0.1) is 49.1 Å². The van der Waals surface area contributed by atoms with Crippen LogP contribution in [0, 0.1) is 0 Å². The van der Waals surface area contributed by atoms with E-state index in [-0.39, 0.29) is 23.3 Å². The number of benzene rings is 1. The maximum atomic E-state index is 13.9. The van der Waals surface area contributed by atoms with Crippen molar-refractivity contribution in [2.45, 2.75) is 25.6 Å². The standard InChI is InChI=1S/C29H37F3N10O4/c1-19-17-41(10-9-39(19)2)24-6-5-20(15-22(24)35-26(43)21-16-34-28(45-3)36-25(21)29(30,31)32)42-18-23(37-38-42)27(44)33-7-4-8-40-11-13-46-14-12-40/h5-6,15-16,18-19H,4,7-14,17H2,1-3H3,(H,33,44)(H,35,43)/t19-/m0/s1. The van der Waals surface area contributed by atoms with Gasteiger partial charge in [-0.05, 0) is 45.1 Å². The molecule has 2 aromatic heterocycles. The zero-order chi connectivity index (χ0) is 32.8. The summed E-state index contributed by atoms with van der Waals surface area (Å²) in [4.78, 5) is 39.7. The summed E-state index contributed by atoms with van der Waals surface area (Å²) in [5, 5.41) is 13.6. The minimum absolute atomic E-state index is 0.0964. The van der Waals surface area contributed by atoms with Crippen molar-refractivity contribution < 1.29 is 32.2 Å². The number of nitrogens with zero attached hydrogens (tertiary/aromatic N) is 8. The van der Waals surface area contributed by atoms with E-state index in [1.165, 1.54) is 10.9 Å². The fourth-order valence-electron chi connectivity index (χ4n) is 5.26. The number of rotatable bonds is 10. The third-order valence-electron chi connectivity index (χ3n) is 8.02. The first-order valence-electron chi connectivity index (χ1n) is 14.9. The van der Waals surface area contributed by atoms with Gasteiger partial charge in [-0.2, -0.15) is 18.2 Å². The molecule has 248 valence electrons. The molecular formula is C29H37F3N10O4. The van der Waals surface area contributed by atoms with E-state index in [9.17, 15) is 22.8 Å². The number of ether oxygens (including phenoxy) is 2. The van der Waals surface area contributed by atoms with Crippen molar-refractivity contribution in [3.63, 3.8) is 0 Å². The van der Waals surface area contributed by atoms with E-state index in [2.05, 4.69) is 52.5 Å². The molecule has 17 heteroatoms. The van der Waals surface area contributed by atoms with E-state index in [0.29, 0.717) is 44.2 Å². The van der Waals surface area contributed by atoms with Crippen LogP contribution in [0.3, 0.4) is 0 Å². The molecule has 4 heterocycles. The molecule has 2 aliphatic rings. The van der Waals surface area contributed by atoms with E-state index in [4.69, 9.17) is 9.47 Å². The van der Waals surface area contributed by atoms with Crippen LogP contribution in [-0.4, -0.2) is 126 Å². The maximum Gasteiger partial charge on any atom is 0.434 e. The molecule has 1 atom stereocenters. The van der Waals surface area contributed by atoms with Gasteiger partial charge in [0, 0.05) is 51.5 Å². The van der Waals surface area contributed by atoms with E-state index < -0.39 is 29.4 Å². The topological polar surface area (TPSA) is 143 Å². The molecule has 0 spiro atoms. The van der Waals surface area contributed by atoms with Gasteiger partial charge < -0.3 is 29.9 Å². The lowest BCUT2D eigenvalue weighted by Gasteiger charge is -2.39. The number of carbonyl (C=O) groups is 2. The van der Waals surface area contributed by atoms with Gasteiger partial charge in [0.15, 0.2) is 11.4 Å². The normalized spacial score (nSPS) is 18.0. The Bertz CT molecular complexity index is 1530. The van der Waals surface area contributed by atoms with Gasteiger partial charge >= 0.3 is 12.2 Å². The smallest absolute Gasteiger partial charge is 0.434 e. The number of alkyl halides is 3. The van der Waals surface area contributed by atoms with Gasteiger partial charge in [-0.15, -0.1) is 5.10 Å². The first-order chi connectivity index (χ1) is 22.0. The van der Waals surface area contributed by atoms with Crippen LogP contribution in [0.25, 0.3) is 5.69 Å². The van der Waals surface area contributed by atoms with Gasteiger partial charge in [-0.25, -0.2) is 9.67 Å². The molecule has 2 N–H and O–H groups in total. The highest BCUT2D eigenvalue weighted by molar-refractivity contribution is 6.06. The summed E-state index contributed by atoms with van der Waals surface area (Å²) in [7, 11) is 3.15. The number of hydrogen-bond donors (Lipinski definition) is 2. The summed E-state index contributed by atoms with van der Waals surface area (Å²) in [6.45, 7) is 8.52. The lowest BCUT2D eigenvalue weighted by molar-refractivity contribution is -0.141. The summed E-state index contributed by atoms with van der Waals surface area (Å²) in [6, 6.07) is 4.75. The molecule has 1 aromatic carbocycles. The number of amides is 2. The molecule has 0 unspecified atom stereocenters. The fourth-order valence-corrected chi connectivity index (χ4v) is 5.26. The molecule has 0 bridgehead atoms. The molecule has 2 aliphatic heterocycles. The first kappa shape index (κ1) is 33.0. The predicted molar refractivity (Wildman–Crippen MR) is 161 cm³/mol. The van der Waals surface area contributed by atoms with E-state index in [1.54, 1.807) is 18.2 Å². The Hall–Kier alpha value is -4.35. The molecule has 14 nitrogen and oxygen atoms in total. The second kappa shape index (κ2) is 14.4. The number of aromatic nitrogens is 5. The Balaban J connectivity index is 1.36. The van der Waals surface area contributed by atoms with Gasteiger partial charge in [0.2, 0.25) is 0 Å². The van der Waals surface area contributed by atoms with Crippen molar-refractivity contribution >= 4 is 23.2 Å². The van der Waals surface area contributed by atoms with E-state index in [1.807, 2.05) is 7.05 Å². The number of morpholine rings is 1. The average molecular weight is 647 g/mol. The lowest BCUT2D eigenvalue weighted by atomic mass is 10.1. The van der Waals surface area contributed by atoms with Crippen LogP contribution in [0.4, 0.5) is 24.5 Å². The summed E-state index contributed by atoms with van der Waals surface area (Å²) >= 11 is 0. The van der Waals surface area contributed by atoms with Crippen molar-refractivity contribution in [2.75, 3.05) is 83.4 Å². The third-order valence-corrected chi connectivity index (χ3v) is 8.02. The minimum Gasteiger partial charge on any atom is -0.467 e. The SMILES string of the molecule is COc1ncc(C(=O)Nc2cc(-n3cc(C(=O)NCCCN4CCOCC4)nn3)ccc2N2CCN(C)[C@@H](C)C2)c(C(F)(F)F)n1. The monoisotopic (exact) mass is 646 g/mol. The van der Waals surface area contributed by atoms with Crippen molar-refractivity contribution in [3.8, 4) is 11.7 Å². The van der Waals surface area contributed by atoms with Gasteiger partial charge in [-0.1, -0.05) is 5.21 Å². The Labute approximate surface area is 263 Å².